The van der Waals surface area contributed by atoms with Crippen LogP contribution in [0.5, 0.6) is 0 Å². The molecule has 1 aromatic rings. The topological polar surface area (TPSA) is 57.5 Å². The van der Waals surface area contributed by atoms with E-state index < -0.39 is 12.2 Å². The Bertz CT molecular complexity index is 287. The number of carbonyl (C=O) groups excluding carboxylic acids is 1. The molecule has 1 aromatic heterocycles. The van der Waals surface area contributed by atoms with Crippen molar-refractivity contribution in [3.05, 3.63) is 21.9 Å². The maximum atomic E-state index is 10.3. The molecule has 0 radical (unpaired) electrons. The maximum Gasteiger partial charge on any atom is 0.160 e. The molecule has 0 spiro atoms. The number of carbonyl (C=O) groups is 1. The summed E-state index contributed by atoms with van der Waals surface area (Å²) < 4.78 is 0. The van der Waals surface area contributed by atoms with Gasteiger partial charge in [-0.15, -0.1) is 22.9 Å². The third-order valence-corrected chi connectivity index (χ3v) is 2.98. The summed E-state index contributed by atoms with van der Waals surface area (Å²) in [6.45, 7) is 0. The smallest absolute Gasteiger partial charge is 0.160 e. The van der Waals surface area contributed by atoms with Crippen LogP contribution < -0.4 is 0 Å². The molecule has 0 aliphatic carbocycles. The van der Waals surface area contributed by atoms with Crippen molar-refractivity contribution < 1.29 is 15.0 Å². The molecule has 0 saturated carbocycles. The number of thiophene rings is 1. The van der Waals surface area contributed by atoms with Crippen molar-refractivity contribution in [2.45, 2.75) is 12.2 Å². The first-order valence-electron chi connectivity index (χ1n) is 3.66. The van der Waals surface area contributed by atoms with Gasteiger partial charge in [0.1, 0.15) is 6.10 Å². The van der Waals surface area contributed by atoms with Gasteiger partial charge in [0.25, 0.3) is 0 Å². The van der Waals surface area contributed by atoms with Crippen LogP contribution in [0.2, 0.25) is 0 Å². The minimum absolute atomic E-state index is 0.0323. The fourth-order valence-corrected chi connectivity index (χ4v) is 1.90. The Morgan fingerprint density at radius 2 is 2.23 bits per heavy atom. The van der Waals surface area contributed by atoms with Gasteiger partial charge in [0.05, 0.1) is 16.9 Å². The third-order valence-electron chi connectivity index (χ3n) is 1.58. The van der Waals surface area contributed by atoms with Gasteiger partial charge in [0.15, 0.2) is 6.29 Å². The Balaban J connectivity index is 2.76. The fraction of sp³-hybridized carbons (Fsp3) is 0.375. The molecule has 2 atom stereocenters. The number of aliphatic hydroxyl groups is 2. The van der Waals surface area contributed by atoms with E-state index in [2.05, 4.69) is 0 Å². The molecule has 2 N–H and O–H groups in total. The van der Waals surface area contributed by atoms with Crippen LogP contribution in [-0.2, 0) is 0 Å². The van der Waals surface area contributed by atoms with Gasteiger partial charge < -0.3 is 10.2 Å². The molecular formula is C8H9ClO3S. The summed E-state index contributed by atoms with van der Waals surface area (Å²) in [7, 11) is 0. The second-order valence-corrected chi connectivity index (χ2v) is 3.98. The van der Waals surface area contributed by atoms with Crippen molar-refractivity contribution in [3.63, 3.8) is 0 Å². The molecular weight excluding hydrogens is 212 g/mol. The molecule has 0 aliphatic heterocycles. The molecule has 0 bridgehead atoms. The van der Waals surface area contributed by atoms with Gasteiger partial charge in [-0.3, -0.25) is 4.79 Å². The van der Waals surface area contributed by atoms with Gasteiger partial charge in [0, 0.05) is 4.88 Å². The van der Waals surface area contributed by atoms with Crippen molar-refractivity contribution in [1.82, 2.24) is 0 Å². The molecule has 0 fully saturated rings. The van der Waals surface area contributed by atoms with Gasteiger partial charge in [-0.25, -0.2) is 0 Å². The summed E-state index contributed by atoms with van der Waals surface area (Å²) in [5, 5.41) is 18.7. The standard InChI is InChI=1S/C8H9ClO3S/c9-3-6(11)8(12)7-2-1-5(4-10)13-7/h1-2,4,6,8,11-12H,3H2. The number of aldehydes is 1. The highest BCUT2D eigenvalue weighted by molar-refractivity contribution is 7.13. The number of hydrogen-bond acceptors (Lipinski definition) is 4. The molecule has 1 rings (SSSR count). The van der Waals surface area contributed by atoms with Crippen molar-refractivity contribution in [1.29, 1.82) is 0 Å². The first-order chi connectivity index (χ1) is 6.19. The molecule has 0 aliphatic rings. The second kappa shape index (κ2) is 4.72. The van der Waals surface area contributed by atoms with Gasteiger partial charge in [-0.2, -0.15) is 0 Å². The molecule has 0 saturated heterocycles. The van der Waals surface area contributed by atoms with E-state index in [1.54, 1.807) is 12.1 Å². The predicted molar refractivity (Wildman–Crippen MR) is 51.4 cm³/mol. The summed E-state index contributed by atoms with van der Waals surface area (Å²) in [4.78, 5) is 11.4. The summed E-state index contributed by atoms with van der Waals surface area (Å²) in [6.07, 6.45) is -1.29. The van der Waals surface area contributed by atoms with Gasteiger partial charge in [-0.1, -0.05) is 0 Å². The summed E-state index contributed by atoms with van der Waals surface area (Å²) in [6, 6.07) is 3.20. The Hall–Kier alpha value is -0.420. The second-order valence-electron chi connectivity index (χ2n) is 2.52. The minimum atomic E-state index is -1.00. The van der Waals surface area contributed by atoms with Crippen molar-refractivity contribution in [3.8, 4) is 0 Å². The van der Waals surface area contributed by atoms with Crippen LogP contribution in [0.3, 0.4) is 0 Å². The lowest BCUT2D eigenvalue weighted by Gasteiger charge is -2.12. The predicted octanol–water partition coefficient (Wildman–Crippen LogP) is 1.19. The third kappa shape index (κ3) is 2.51. The average Bonchev–Trinajstić information content (AvgIpc) is 2.63. The zero-order valence-corrected chi connectivity index (χ0v) is 8.26. The van der Waals surface area contributed by atoms with Crippen LogP contribution in [0, 0.1) is 0 Å². The molecule has 3 nitrogen and oxygen atoms in total. The van der Waals surface area contributed by atoms with Crippen LogP contribution >= 0.6 is 22.9 Å². The van der Waals surface area contributed by atoms with E-state index in [9.17, 15) is 15.0 Å². The monoisotopic (exact) mass is 220 g/mol. The van der Waals surface area contributed by atoms with E-state index in [1.165, 1.54) is 0 Å². The van der Waals surface area contributed by atoms with Gasteiger partial charge in [0.2, 0.25) is 0 Å². The number of hydrogen-bond donors (Lipinski definition) is 2. The highest BCUT2D eigenvalue weighted by Gasteiger charge is 2.18. The number of aliphatic hydroxyl groups excluding tert-OH is 2. The molecule has 0 amide bonds. The number of halogens is 1. The largest absolute Gasteiger partial charge is 0.389 e. The Kier molecular flexibility index (Phi) is 3.87. The maximum absolute atomic E-state index is 10.3. The Morgan fingerprint density at radius 3 is 2.69 bits per heavy atom. The lowest BCUT2D eigenvalue weighted by Crippen LogP contribution is -2.18. The van der Waals surface area contributed by atoms with Gasteiger partial charge in [-0.05, 0) is 12.1 Å². The van der Waals surface area contributed by atoms with Crippen LogP contribution in [-0.4, -0.2) is 28.5 Å². The lowest BCUT2D eigenvalue weighted by atomic mass is 10.2. The fourth-order valence-electron chi connectivity index (χ4n) is 0.865. The van der Waals surface area contributed by atoms with Crippen LogP contribution in [0.4, 0.5) is 0 Å². The van der Waals surface area contributed by atoms with Crippen molar-refractivity contribution >= 4 is 29.2 Å². The Morgan fingerprint density at radius 1 is 1.54 bits per heavy atom. The van der Waals surface area contributed by atoms with E-state index in [-0.39, 0.29) is 5.88 Å². The van der Waals surface area contributed by atoms with E-state index in [4.69, 9.17) is 11.6 Å². The highest BCUT2D eigenvalue weighted by atomic mass is 35.5. The quantitative estimate of drug-likeness (QED) is 0.592. The number of rotatable bonds is 4. The zero-order valence-electron chi connectivity index (χ0n) is 6.68. The first kappa shape index (κ1) is 10.7. The zero-order chi connectivity index (χ0) is 9.84. The molecule has 0 aromatic carbocycles. The number of alkyl halides is 1. The van der Waals surface area contributed by atoms with Crippen molar-refractivity contribution in [2.75, 3.05) is 5.88 Å². The summed E-state index contributed by atoms with van der Waals surface area (Å²) in [5.74, 6) is -0.0323. The van der Waals surface area contributed by atoms with Crippen LogP contribution in [0.25, 0.3) is 0 Å². The average molecular weight is 221 g/mol. The molecule has 5 heteroatoms. The van der Waals surface area contributed by atoms with Crippen LogP contribution in [0.15, 0.2) is 12.1 Å². The van der Waals surface area contributed by atoms with E-state index in [0.717, 1.165) is 11.3 Å². The normalized spacial score (nSPS) is 15.3. The first-order valence-corrected chi connectivity index (χ1v) is 5.01. The summed E-state index contributed by atoms with van der Waals surface area (Å²) in [5.41, 5.74) is 0. The SMILES string of the molecule is O=Cc1ccc(C(O)C(O)CCl)s1. The minimum Gasteiger partial charge on any atom is -0.389 e. The summed E-state index contributed by atoms with van der Waals surface area (Å²) >= 11 is 6.51. The molecule has 2 unspecified atom stereocenters. The van der Waals surface area contributed by atoms with Gasteiger partial charge >= 0.3 is 0 Å². The molecule has 13 heavy (non-hydrogen) atoms. The Labute approximate surface area is 84.6 Å². The molecule has 1 heterocycles. The van der Waals surface area contributed by atoms with E-state index in [0.29, 0.717) is 16.0 Å². The highest BCUT2D eigenvalue weighted by Crippen LogP contribution is 2.25. The van der Waals surface area contributed by atoms with Crippen LogP contribution in [0.1, 0.15) is 20.7 Å². The molecule has 72 valence electrons. The van der Waals surface area contributed by atoms with E-state index >= 15 is 0 Å². The van der Waals surface area contributed by atoms with E-state index in [1.807, 2.05) is 0 Å². The van der Waals surface area contributed by atoms with Crippen molar-refractivity contribution in [2.24, 2.45) is 0 Å². The lowest BCUT2D eigenvalue weighted by molar-refractivity contribution is 0.0350.